The number of rotatable bonds is 8. The summed E-state index contributed by atoms with van der Waals surface area (Å²) in [5.41, 5.74) is 3.47. The first-order valence-electron chi connectivity index (χ1n) is 9.53. The highest BCUT2D eigenvalue weighted by atomic mass is 32.1. The Labute approximate surface area is 177 Å². The first kappa shape index (κ1) is 20.7. The summed E-state index contributed by atoms with van der Waals surface area (Å²) < 4.78 is 10.7. The lowest BCUT2D eigenvalue weighted by Gasteiger charge is -2.22. The van der Waals surface area contributed by atoms with Gasteiger partial charge in [-0.1, -0.05) is 60.7 Å². The maximum atomic E-state index is 5.59. The fourth-order valence-corrected chi connectivity index (χ4v) is 3.38. The monoisotopic (exact) mass is 406 g/mol. The number of benzene rings is 3. The van der Waals surface area contributed by atoms with Crippen LogP contribution in [0.5, 0.6) is 11.5 Å². The molecule has 5 heteroatoms. The van der Waals surface area contributed by atoms with Crippen LogP contribution >= 0.6 is 12.2 Å². The number of nitrogens with one attached hydrogen (secondary N) is 2. The van der Waals surface area contributed by atoms with Gasteiger partial charge in [-0.25, -0.2) is 0 Å². The van der Waals surface area contributed by atoms with E-state index in [1.165, 1.54) is 11.1 Å². The summed E-state index contributed by atoms with van der Waals surface area (Å²) in [6.45, 7) is 0.561. The van der Waals surface area contributed by atoms with Crippen molar-refractivity contribution in [3.8, 4) is 11.5 Å². The van der Waals surface area contributed by atoms with Crippen LogP contribution in [-0.4, -0.2) is 19.3 Å². The van der Waals surface area contributed by atoms with Crippen molar-refractivity contribution in [2.75, 3.05) is 14.2 Å². The molecule has 3 aromatic carbocycles. The van der Waals surface area contributed by atoms with E-state index in [0.29, 0.717) is 11.7 Å². The van der Waals surface area contributed by atoms with Gasteiger partial charge in [0.25, 0.3) is 0 Å². The van der Waals surface area contributed by atoms with Gasteiger partial charge in [0, 0.05) is 18.2 Å². The average Bonchev–Trinajstić information content (AvgIpc) is 2.78. The van der Waals surface area contributed by atoms with Crippen LogP contribution in [0, 0.1) is 0 Å². The molecule has 0 aromatic heterocycles. The Bertz CT molecular complexity index is 917. The third-order valence-electron chi connectivity index (χ3n) is 4.72. The van der Waals surface area contributed by atoms with E-state index in [4.69, 9.17) is 21.7 Å². The van der Waals surface area contributed by atoms with Gasteiger partial charge in [-0.15, -0.1) is 0 Å². The maximum absolute atomic E-state index is 5.59. The zero-order valence-electron chi connectivity index (χ0n) is 16.7. The van der Waals surface area contributed by atoms with Crippen LogP contribution in [0.2, 0.25) is 0 Å². The molecule has 1 atom stereocenters. The van der Waals surface area contributed by atoms with E-state index >= 15 is 0 Å². The summed E-state index contributed by atoms with van der Waals surface area (Å²) in [6, 6.07) is 26.6. The van der Waals surface area contributed by atoms with Crippen LogP contribution in [0.1, 0.15) is 22.7 Å². The molecule has 0 saturated carbocycles. The van der Waals surface area contributed by atoms with E-state index in [1.54, 1.807) is 14.2 Å². The number of methoxy groups -OCH3 is 2. The largest absolute Gasteiger partial charge is 0.497 e. The number of hydrogen-bond donors (Lipinski definition) is 2. The molecule has 0 aliphatic heterocycles. The van der Waals surface area contributed by atoms with Crippen molar-refractivity contribution < 1.29 is 9.47 Å². The molecular weight excluding hydrogens is 380 g/mol. The van der Waals surface area contributed by atoms with Crippen LogP contribution in [0.15, 0.2) is 78.9 Å². The predicted molar refractivity (Wildman–Crippen MR) is 121 cm³/mol. The molecule has 150 valence electrons. The second-order valence-corrected chi connectivity index (χ2v) is 7.07. The van der Waals surface area contributed by atoms with Crippen molar-refractivity contribution in [1.29, 1.82) is 0 Å². The van der Waals surface area contributed by atoms with Crippen LogP contribution < -0.4 is 20.1 Å². The quantitative estimate of drug-likeness (QED) is 0.533. The molecule has 0 saturated heterocycles. The van der Waals surface area contributed by atoms with Gasteiger partial charge in [-0.05, 0) is 41.9 Å². The van der Waals surface area contributed by atoms with E-state index in [-0.39, 0.29) is 6.04 Å². The predicted octanol–water partition coefficient (Wildman–Crippen LogP) is 4.65. The normalized spacial score (nSPS) is 11.4. The summed E-state index contributed by atoms with van der Waals surface area (Å²) >= 11 is 5.59. The van der Waals surface area contributed by atoms with Crippen molar-refractivity contribution in [2.24, 2.45) is 0 Å². The highest BCUT2D eigenvalue weighted by Crippen LogP contribution is 2.24. The zero-order chi connectivity index (χ0) is 20.5. The molecule has 4 nitrogen and oxygen atoms in total. The Balaban J connectivity index is 1.67. The molecule has 0 fully saturated rings. The molecule has 0 radical (unpaired) electrons. The summed E-state index contributed by atoms with van der Waals surface area (Å²) in [6.07, 6.45) is 0.846. The topological polar surface area (TPSA) is 42.5 Å². The SMILES string of the molecule is COc1ccc(CNC(=S)NC(Cc2ccccc2)c2ccccc2)c(OC)c1. The van der Waals surface area contributed by atoms with Crippen molar-refractivity contribution >= 4 is 17.3 Å². The van der Waals surface area contributed by atoms with Gasteiger partial charge in [0.2, 0.25) is 0 Å². The van der Waals surface area contributed by atoms with Crippen LogP contribution in [0.4, 0.5) is 0 Å². The van der Waals surface area contributed by atoms with Crippen molar-refractivity contribution in [3.63, 3.8) is 0 Å². The molecule has 3 rings (SSSR count). The second-order valence-electron chi connectivity index (χ2n) is 6.66. The van der Waals surface area contributed by atoms with Gasteiger partial charge in [0.15, 0.2) is 5.11 Å². The van der Waals surface area contributed by atoms with E-state index in [2.05, 4.69) is 47.0 Å². The maximum Gasteiger partial charge on any atom is 0.167 e. The standard InChI is InChI=1S/C24H26N2O2S/c1-27-21-14-13-20(23(16-21)28-2)17-25-24(29)26-22(19-11-7-4-8-12-19)15-18-9-5-3-6-10-18/h3-14,16,22H,15,17H2,1-2H3,(H2,25,26,29). The van der Waals surface area contributed by atoms with Crippen molar-refractivity contribution in [1.82, 2.24) is 10.6 Å². The molecule has 29 heavy (non-hydrogen) atoms. The van der Waals surface area contributed by atoms with Gasteiger partial charge < -0.3 is 20.1 Å². The Morgan fingerprint density at radius 2 is 1.59 bits per heavy atom. The Kier molecular flexibility index (Phi) is 7.47. The molecule has 0 bridgehead atoms. The molecule has 0 aliphatic rings. The smallest absolute Gasteiger partial charge is 0.167 e. The van der Waals surface area contributed by atoms with Crippen molar-refractivity contribution in [3.05, 3.63) is 95.6 Å². The molecule has 3 aromatic rings. The van der Waals surface area contributed by atoms with E-state index in [0.717, 1.165) is 23.5 Å². The highest BCUT2D eigenvalue weighted by molar-refractivity contribution is 7.80. The van der Waals surface area contributed by atoms with Gasteiger partial charge in [0.05, 0.1) is 20.3 Å². The van der Waals surface area contributed by atoms with E-state index in [9.17, 15) is 0 Å². The van der Waals surface area contributed by atoms with Gasteiger partial charge in [-0.2, -0.15) is 0 Å². The number of ether oxygens (including phenoxy) is 2. The fraction of sp³-hybridized carbons (Fsp3) is 0.208. The van der Waals surface area contributed by atoms with Crippen LogP contribution in [-0.2, 0) is 13.0 Å². The Morgan fingerprint density at radius 3 is 2.24 bits per heavy atom. The van der Waals surface area contributed by atoms with E-state index < -0.39 is 0 Å². The van der Waals surface area contributed by atoms with Crippen LogP contribution in [0.3, 0.4) is 0 Å². The minimum absolute atomic E-state index is 0.0800. The van der Waals surface area contributed by atoms with Gasteiger partial charge in [-0.3, -0.25) is 0 Å². The first-order chi connectivity index (χ1) is 14.2. The minimum atomic E-state index is 0.0800. The fourth-order valence-electron chi connectivity index (χ4n) is 3.17. The second kappa shape index (κ2) is 10.5. The molecule has 0 aliphatic carbocycles. The highest BCUT2D eigenvalue weighted by Gasteiger charge is 2.14. The lowest BCUT2D eigenvalue weighted by atomic mass is 9.99. The van der Waals surface area contributed by atoms with E-state index in [1.807, 2.05) is 42.5 Å². The third kappa shape index (κ3) is 5.96. The van der Waals surface area contributed by atoms with Gasteiger partial charge >= 0.3 is 0 Å². The Morgan fingerprint density at radius 1 is 0.897 bits per heavy atom. The molecular formula is C24H26N2O2S. The lowest BCUT2D eigenvalue weighted by molar-refractivity contribution is 0.390. The van der Waals surface area contributed by atoms with Crippen molar-refractivity contribution in [2.45, 2.75) is 19.0 Å². The summed E-state index contributed by atoms with van der Waals surface area (Å²) in [7, 11) is 3.29. The molecule has 0 heterocycles. The number of hydrogen-bond acceptors (Lipinski definition) is 3. The average molecular weight is 407 g/mol. The summed E-state index contributed by atoms with van der Waals surface area (Å²) in [5, 5.41) is 7.37. The molecule has 1 unspecified atom stereocenters. The van der Waals surface area contributed by atoms with Crippen LogP contribution in [0.25, 0.3) is 0 Å². The zero-order valence-corrected chi connectivity index (χ0v) is 17.5. The Hall–Kier alpha value is -3.05. The first-order valence-corrected chi connectivity index (χ1v) is 9.94. The third-order valence-corrected chi connectivity index (χ3v) is 4.99. The molecule has 2 N–H and O–H groups in total. The molecule has 0 spiro atoms. The number of thiocarbonyl (C=S) groups is 1. The summed E-state index contributed by atoms with van der Waals surface area (Å²) in [4.78, 5) is 0. The lowest BCUT2D eigenvalue weighted by Crippen LogP contribution is -2.38. The van der Waals surface area contributed by atoms with Gasteiger partial charge in [0.1, 0.15) is 11.5 Å². The minimum Gasteiger partial charge on any atom is -0.497 e. The molecule has 0 amide bonds. The summed E-state index contributed by atoms with van der Waals surface area (Å²) in [5.74, 6) is 1.53.